The Bertz CT molecular complexity index is 114. The van der Waals surface area contributed by atoms with Gasteiger partial charge in [-0.15, -0.1) is 0 Å². The number of rotatable bonds is 2. The van der Waals surface area contributed by atoms with Gasteiger partial charge in [-0.3, -0.25) is 0 Å². The standard InChI is InChI=1S/C6H9F4N/c7-5(8)3-1-11-2-4(3)6(9)10/h3-6,11H,1-2H2/t3-,4+. The number of hydrogen-bond donors (Lipinski definition) is 1. The smallest absolute Gasteiger partial charge is 0.243 e. The van der Waals surface area contributed by atoms with Crippen molar-refractivity contribution in [3.63, 3.8) is 0 Å². The molecule has 0 aliphatic carbocycles. The van der Waals surface area contributed by atoms with Crippen LogP contribution in [-0.2, 0) is 0 Å². The Morgan fingerprint density at radius 1 is 0.909 bits per heavy atom. The number of alkyl halides is 4. The normalized spacial score (nSPS) is 32.2. The first kappa shape index (κ1) is 8.77. The van der Waals surface area contributed by atoms with E-state index in [-0.39, 0.29) is 13.1 Å². The minimum Gasteiger partial charge on any atom is -0.316 e. The molecule has 1 aliphatic rings. The first-order valence-electron chi connectivity index (χ1n) is 3.40. The third kappa shape index (κ3) is 1.83. The van der Waals surface area contributed by atoms with Crippen molar-refractivity contribution in [1.29, 1.82) is 0 Å². The van der Waals surface area contributed by atoms with Crippen molar-refractivity contribution < 1.29 is 17.6 Å². The van der Waals surface area contributed by atoms with Gasteiger partial charge in [0.15, 0.2) is 0 Å². The van der Waals surface area contributed by atoms with Crippen molar-refractivity contribution in [3.8, 4) is 0 Å². The summed E-state index contributed by atoms with van der Waals surface area (Å²) in [4.78, 5) is 0. The lowest BCUT2D eigenvalue weighted by molar-refractivity contribution is -0.00152. The van der Waals surface area contributed by atoms with Crippen LogP contribution in [0.5, 0.6) is 0 Å². The maximum absolute atomic E-state index is 12.0. The number of halogens is 4. The van der Waals surface area contributed by atoms with Gasteiger partial charge in [-0.25, -0.2) is 17.6 Å². The molecule has 1 N–H and O–H groups in total. The van der Waals surface area contributed by atoms with E-state index in [2.05, 4.69) is 5.32 Å². The van der Waals surface area contributed by atoms with E-state index in [0.29, 0.717) is 0 Å². The molecule has 0 aromatic carbocycles. The Labute approximate surface area is 61.8 Å². The quantitative estimate of drug-likeness (QED) is 0.618. The van der Waals surface area contributed by atoms with E-state index in [0.717, 1.165) is 0 Å². The fraction of sp³-hybridized carbons (Fsp3) is 1.00. The predicted molar refractivity (Wildman–Crippen MR) is 31.9 cm³/mol. The molecule has 0 bridgehead atoms. The number of hydrogen-bond acceptors (Lipinski definition) is 1. The summed E-state index contributed by atoms with van der Waals surface area (Å²) in [6.07, 6.45) is -5.27. The second kappa shape index (κ2) is 3.38. The third-order valence-corrected chi connectivity index (χ3v) is 1.96. The molecule has 1 rings (SSSR count). The lowest BCUT2D eigenvalue weighted by atomic mass is 9.97. The van der Waals surface area contributed by atoms with Crippen LogP contribution in [0.2, 0.25) is 0 Å². The van der Waals surface area contributed by atoms with Crippen LogP contribution >= 0.6 is 0 Å². The Balaban J connectivity index is 2.51. The Hall–Kier alpha value is -0.320. The summed E-state index contributed by atoms with van der Waals surface area (Å²) < 4.78 is 47.9. The summed E-state index contributed by atoms with van der Waals surface area (Å²) in [6.45, 7) is 0.0132. The summed E-state index contributed by atoms with van der Waals surface area (Å²) in [5, 5.41) is 2.53. The molecule has 0 radical (unpaired) electrons. The molecule has 1 fully saturated rings. The van der Waals surface area contributed by atoms with Gasteiger partial charge in [0.05, 0.1) is 0 Å². The van der Waals surface area contributed by atoms with E-state index in [1.54, 1.807) is 0 Å². The zero-order chi connectivity index (χ0) is 8.43. The molecule has 0 aromatic rings. The molecule has 1 heterocycles. The first-order chi connectivity index (χ1) is 5.13. The topological polar surface area (TPSA) is 12.0 Å². The molecule has 2 atom stereocenters. The summed E-state index contributed by atoms with van der Waals surface area (Å²) in [6, 6.07) is 0. The zero-order valence-corrected chi connectivity index (χ0v) is 5.74. The predicted octanol–water partition coefficient (Wildman–Crippen LogP) is 1.35. The van der Waals surface area contributed by atoms with Crippen LogP contribution in [0.1, 0.15) is 0 Å². The minimum atomic E-state index is -2.64. The minimum absolute atomic E-state index is 0.00662. The SMILES string of the molecule is FC(F)[C@H]1CNC[C@H]1C(F)F. The molecule has 5 heteroatoms. The Morgan fingerprint density at radius 2 is 1.27 bits per heavy atom. The highest BCUT2D eigenvalue weighted by Crippen LogP contribution is 2.28. The van der Waals surface area contributed by atoms with E-state index in [9.17, 15) is 17.6 Å². The average Bonchev–Trinajstić information content (AvgIpc) is 2.32. The van der Waals surface area contributed by atoms with Crippen molar-refractivity contribution in [1.82, 2.24) is 5.32 Å². The maximum Gasteiger partial charge on any atom is 0.243 e. The maximum atomic E-state index is 12.0. The summed E-state index contributed by atoms with van der Waals surface area (Å²) in [7, 11) is 0. The molecular formula is C6H9F4N. The molecular weight excluding hydrogens is 162 g/mol. The Kier molecular flexibility index (Phi) is 2.70. The van der Waals surface area contributed by atoms with Gasteiger partial charge in [-0.05, 0) is 0 Å². The molecule has 66 valence electrons. The molecule has 11 heavy (non-hydrogen) atoms. The molecule has 1 nitrogen and oxygen atoms in total. The van der Waals surface area contributed by atoms with E-state index >= 15 is 0 Å². The molecule has 1 saturated heterocycles. The summed E-state index contributed by atoms with van der Waals surface area (Å²) in [5.74, 6) is -2.34. The Morgan fingerprint density at radius 3 is 1.55 bits per heavy atom. The van der Waals surface area contributed by atoms with Gasteiger partial charge in [0, 0.05) is 24.9 Å². The van der Waals surface area contributed by atoms with E-state index in [4.69, 9.17) is 0 Å². The van der Waals surface area contributed by atoms with Crippen LogP contribution in [-0.4, -0.2) is 25.9 Å². The van der Waals surface area contributed by atoms with E-state index in [1.165, 1.54) is 0 Å². The van der Waals surface area contributed by atoms with Crippen molar-refractivity contribution in [2.45, 2.75) is 12.9 Å². The highest BCUT2D eigenvalue weighted by atomic mass is 19.3. The van der Waals surface area contributed by atoms with Crippen molar-refractivity contribution >= 4 is 0 Å². The largest absolute Gasteiger partial charge is 0.316 e. The second-order valence-corrected chi connectivity index (χ2v) is 2.65. The van der Waals surface area contributed by atoms with Crippen LogP contribution < -0.4 is 5.32 Å². The van der Waals surface area contributed by atoms with E-state index in [1.807, 2.05) is 0 Å². The third-order valence-electron chi connectivity index (χ3n) is 1.96. The molecule has 0 saturated carbocycles. The van der Waals surface area contributed by atoms with Gasteiger partial charge >= 0.3 is 0 Å². The fourth-order valence-corrected chi connectivity index (χ4v) is 1.27. The van der Waals surface area contributed by atoms with Crippen LogP contribution in [0.3, 0.4) is 0 Å². The van der Waals surface area contributed by atoms with Crippen LogP contribution in [0, 0.1) is 11.8 Å². The van der Waals surface area contributed by atoms with E-state index < -0.39 is 24.7 Å². The van der Waals surface area contributed by atoms with Gasteiger partial charge in [0.2, 0.25) is 12.9 Å². The van der Waals surface area contributed by atoms with Crippen molar-refractivity contribution in [3.05, 3.63) is 0 Å². The van der Waals surface area contributed by atoms with Gasteiger partial charge in [0.1, 0.15) is 0 Å². The molecule has 0 amide bonds. The highest BCUT2D eigenvalue weighted by Gasteiger charge is 2.39. The molecule has 0 unspecified atom stereocenters. The van der Waals surface area contributed by atoms with Crippen LogP contribution in [0.4, 0.5) is 17.6 Å². The van der Waals surface area contributed by atoms with Crippen LogP contribution in [0.25, 0.3) is 0 Å². The van der Waals surface area contributed by atoms with Crippen LogP contribution in [0.15, 0.2) is 0 Å². The fourth-order valence-electron chi connectivity index (χ4n) is 1.27. The monoisotopic (exact) mass is 171 g/mol. The average molecular weight is 171 g/mol. The molecule has 0 aromatic heterocycles. The van der Waals surface area contributed by atoms with Gasteiger partial charge < -0.3 is 5.32 Å². The zero-order valence-electron chi connectivity index (χ0n) is 5.74. The summed E-state index contributed by atoms with van der Waals surface area (Å²) in [5.41, 5.74) is 0. The first-order valence-corrected chi connectivity index (χ1v) is 3.40. The highest BCUT2D eigenvalue weighted by molar-refractivity contribution is 4.83. The molecule has 1 aliphatic heterocycles. The van der Waals surface area contributed by atoms with Crippen molar-refractivity contribution in [2.24, 2.45) is 11.8 Å². The van der Waals surface area contributed by atoms with Crippen molar-refractivity contribution in [2.75, 3.05) is 13.1 Å². The lowest BCUT2D eigenvalue weighted by Crippen LogP contribution is -2.25. The molecule has 0 spiro atoms. The van der Waals surface area contributed by atoms with Gasteiger partial charge in [0.25, 0.3) is 0 Å². The lowest BCUT2D eigenvalue weighted by Gasteiger charge is -2.15. The summed E-state index contributed by atoms with van der Waals surface area (Å²) >= 11 is 0. The van der Waals surface area contributed by atoms with Gasteiger partial charge in [-0.2, -0.15) is 0 Å². The second-order valence-electron chi connectivity index (χ2n) is 2.65. The van der Waals surface area contributed by atoms with Gasteiger partial charge in [-0.1, -0.05) is 0 Å². The number of nitrogens with one attached hydrogen (secondary N) is 1.